The Labute approximate surface area is 157 Å². The van der Waals surface area contributed by atoms with Gasteiger partial charge in [0.1, 0.15) is 5.82 Å². The molecule has 2 heterocycles. The predicted molar refractivity (Wildman–Crippen MR) is 101 cm³/mol. The van der Waals surface area contributed by atoms with Crippen molar-refractivity contribution in [3.63, 3.8) is 0 Å². The minimum atomic E-state index is -3.65. The van der Waals surface area contributed by atoms with E-state index in [1.165, 1.54) is 29.4 Å². The van der Waals surface area contributed by atoms with Gasteiger partial charge < -0.3 is 10.2 Å². The van der Waals surface area contributed by atoms with E-state index in [2.05, 4.69) is 15.2 Å². The van der Waals surface area contributed by atoms with Crippen LogP contribution in [0.3, 0.4) is 0 Å². The number of nitrogens with one attached hydrogen (secondary N) is 1. The minimum Gasteiger partial charge on any atom is -0.354 e. The first-order chi connectivity index (χ1) is 12.4. The number of aromatic nitrogens is 1. The highest BCUT2D eigenvalue weighted by atomic mass is 35.5. The van der Waals surface area contributed by atoms with Crippen molar-refractivity contribution in [1.82, 2.24) is 9.29 Å². The molecule has 1 fully saturated rings. The van der Waals surface area contributed by atoms with Crippen molar-refractivity contribution in [3.05, 3.63) is 47.6 Å². The molecule has 1 aliphatic rings. The largest absolute Gasteiger partial charge is 0.354 e. The number of sulfonamides is 1. The predicted octanol–water partition coefficient (Wildman–Crippen LogP) is 2.20. The number of carbonyl (C=O) groups is 1. The van der Waals surface area contributed by atoms with Crippen LogP contribution in [-0.4, -0.2) is 49.8 Å². The molecule has 2 aromatic rings. The molecule has 26 heavy (non-hydrogen) atoms. The van der Waals surface area contributed by atoms with E-state index in [0.29, 0.717) is 31.9 Å². The number of hydrogen-bond donors (Lipinski definition) is 1. The fourth-order valence-electron chi connectivity index (χ4n) is 2.79. The molecule has 1 amide bonds. The molecule has 0 unspecified atom stereocenters. The van der Waals surface area contributed by atoms with Crippen molar-refractivity contribution in [2.45, 2.75) is 11.8 Å². The van der Waals surface area contributed by atoms with E-state index in [4.69, 9.17) is 11.6 Å². The van der Waals surface area contributed by atoms with Gasteiger partial charge in [0, 0.05) is 39.3 Å². The summed E-state index contributed by atoms with van der Waals surface area (Å²) in [6.45, 7) is 3.22. The van der Waals surface area contributed by atoms with Gasteiger partial charge in [-0.2, -0.15) is 4.31 Å². The second kappa shape index (κ2) is 7.61. The second-order valence-electron chi connectivity index (χ2n) is 5.90. The third-order valence-corrected chi connectivity index (χ3v) is 6.31. The van der Waals surface area contributed by atoms with Crippen LogP contribution < -0.4 is 10.2 Å². The van der Waals surface area contributed by atoms with Gasteiger partial charge in [-0.15, -0.1) is 0 Å². The number of nitrogens with zero attached hydrogens (tertiary/aromatic N) is 3. The zero-order valence-electron chi connectivity index (χ0n) is 14.2. The number of carbonyl (C=O) groups excluding carboxylic acids is 1. The lowest BCUT2D eigenvalue weighted by atomic mass is 10.3. The summed E-state index contributed by atoms with van der Waals surface area (Å²) >= 11 is 6.11. The molecule has 1 aromatic carbocycles. The van der Waals surface area contributed by atoms with Crippen molar-refractivity contribution in [1.29, 1.82) is 0 Å². The zero-order valence-corrected chi connectivity index (χ0v) is 15.8. The maximum absolute atomic E-state index is 12.9. The van der Waals surface area contributed by atoms with E-state index in [1.54, 1.807) is 6.20 Å². The summed E-state index contributed by atoms with van der Waals surface area (Å²) in [4.78, 5) is 17.6. The molecule has 0 atom stereocenters. The maximum atomic E-state index is 12.9. The number of piperazine rings is 1. The van der Waals surface area contributed by atoms with Gasteiger partial charge in [0.05, 0.1) is 15.6 Å². The van der Waals surface area contributed by atoms with Crippen molar-refractivity contribution < 1.29 is 13.2 Å². The van der Waals surface area contributed by atoms with Crippen molar-refractivity contribution >= 4 is 39.0 Å². The van der Waals surface area contributed by atoms with E-state index in [0.717, 1.165) is 5.82 Å². The number of benzene rings is 1. The average molecular weight is 395 g/mol. The van der Waals surface area contributed by atoms with Gasteiger partial charge in [0.2, 0.25) is 15.9 Å². The Hall–Kier alpha value is -2.16. The van der Waals surface area contributed by atoms with Crippen molar-refractivity contribution in [3.8, 4) is 0 Å². The molecule has 9 heteroatoms. The van der Waals surface area contributed by atoms with Crippen molar-refractivity contribution in [2.75, 3.05) is 36.4 Å². The molecule has 0 radical (unpaired) electrons. The number of rotatable bonds is 4. The smallest absolute Gasteiger partial charge is 0.243 e. The number of anilines is 2. The fraction of sp³-hybridized carbons (Fsp3) is 0.294. The van der Waals surface area contributed by atoms with Gasteiger partial charge in [0.15, 0.2) is 0 Å². The van der Waals surface area contributed by atoms with Gasteiger partial charge in [0.25, 0.3) is 0 Å². The average Bonchev–Trinajstić information content (AvgIpc) is 2.64. The summed E-state index contributed by atoms with van der Waals surface area (Å²) in [7, 11) is -3.65. The van der Waals surface area contributed by atoms with Crippen LogP contribution in [0.5, 0.6) is 0 Å². The first kappa shape index (κ1) is 18.6. The van der Waals surface area contributed by atoms with Crippen LogP contribution in [0.2, 0.25) is 5.02 Å². The van der Waals surface area contributed by atoms with E-state index in [-0.39, 0.29) is 15.8 Å². The van der Waals surface area contributed by atoms with Crippen LogP contribution in [0.1, 0.15) is 6.92 Å². The molecular weight excluding hydrogens is 376 g/mol. The summed E-state index contributed by atoms with van der Waals surface area (Å²) in [5, 5.41) is 2.75. The maximum Gasteiger partial charge on any atom is 0.243 e. The third-order valence-electron chi connectivity index (χ3n) is 4.10. The van der Waals surface area contributed by atoms with Gasteiger partial charge >= 0.3 is 0 Å². The Morgan fingerprint density at radius 1 is 1.15 bits per heavy atom. The molecule has 3 rings (SSSR count). The summed E-state index contributed by atoms with van der Waals surface area (Å²) in [6.07, 6.45) is 1.72. The monoisotopic (exact) mass is 394 g/mol. The van der Waals surface area contributed by atoms with Crippen molar-refractivity contribution in [2.24, 2.45) is 0 Å². The lowest BCUT2D eigenvalue weighted by molar-refractivity contribution is -0.114. The normalized spacial score (nSPS) is 15.7. The highest BCUT2D eigenvalue weighted by Gasteiger charge is 2.29. The Bertz CT molecular complexity index is 897. The fourth-order valence-corrected chi connectivity index (χ4v) is 4.54. The standard InChI is InChI=1S/C17H19ClN4O3S/c1-13(23)20-16-6-5-14(12-15(16)18)26(24,25)22-10-8-21(9-11-22)17-4-2-3-7-19-17/h2-7,12H,8-11H2,1H3,(H,20,23). The summed E-state index contributed by atoms with van der Waals surface area (Å²) in [5.74, 6) is 0.570. The lowest BCUT2D eigenvalue weighted by Crippen LogP contribution is -2.48. The van der Waals surface area contributed by atoms with Crippen LogP contribution in [0.15, 0.2) is 47.5 Å². The molecule has 1 aliphatic heterocycles. The highest BCUT2D eigenvalue weighted by molar-refractivity contribution is 7.89. The number of pyridine rings is 1. The Balaban J connectivity index is 1.73. The summed E-state index contributed by atoms with van der Waals surface area (Å²) in [6, 6.07) is 9.99. The molecule has 1 N–H and O–H groups in total. The minimum absolute atomic E-state index is 0.114. The highest BCUT2D eigenvalue weighted by Crippen LogP contribution is 2.27. The number of halogens is 1. The third kappa shape index (κ3) is 3.98. The van der Waals surface area contributed by atoms with Gasteiger partial charge in [-0.25, -0.2) is 13.4 Å². The number of hydrogen-bond acceptors (Lipinski definition) is 5. The van der Waals surface area contributed by atoms with Gasteiger partial charge in [-0.3, -0.25) is 4.79 Å². The van der Waals surface area contributed by atoms with Gasteiger partial charge in [-0.05, 0) is 30.3 Å². The van der Waals surface area contributed by atoms with Crippen LogP contribution in [0, 0.1) is 0 Å². The molecule has 1 saturated heterocycles. The van der Waals surface area contributed by atoms with Crippen LogP contribution in [-0.2, 0) is 14.8 Å². The first-order valence-electron chi connectivity index (χ1n) is 8.11. The van der Waals surface area contributed by atoms with E-state index in [9.17, 15) is 13.2 Å². The van der Waals surface area contributed by atoms with E-state index in [1.807, 2.05) is 18.2 Å². The zero-order chi connectivity index (χ0) is 18.7. The topological polar surface area (TPSA) is 82.6 Å². The van der Waals surface area contributed by atoms with E-state index >= 15 is 0 Å². The molecule has 1 aromatic heterocycles. The quantitative estimate of drug-likeness (QED) is 0.859. The van der Waals surface area contributed by atoms with Crippen LogP contribution in [0.25, 0.3) is 0 Å². The Morgan fingerprint density at radius 3 is 2.46 bits per heavy atom. The number of amides is 1. The molecule has 0 saturated carbocycles. The van der Waals surface area contributed by atoms with Crippen LogP contribution >= 0.6 is 11.6 Å². The second-order valence-corrected chi connectivity index (χ2v) is 8.25. The molecule has 0 bridgehead atoms. The van der Waals surface area contributed by atoms with Gasteiger partial charge in [-0.1, -0.05) is 17.7 Å². The molecule has 138 valence electrons. The first-order valence-corrected chi connectivity index (χ1v) is 9.93. The Morgan fingerprint density at radius 2 is 1.88 bits per heavy atom. The van der Waals surface area contributed by atoms with E-state index < -0.39 is 10.0 Å². The SMILES string of the molecule is CC(=O)Nc1ccc(S(=O)(=O)N2CCN(c3ccccn3)CC2)cc1Cl. The van der Waals surface area contributed by atoms with Crippen LogP contribution in [0.4, 0.5) is 11.5 Å². The molecule has 0 spiro atoms. The summed E-state index contributed by atoms with van der Waals surface area (Å²) < 4.78 is 27.2. The molecule has 7 nitrogen and oxygen atoms in total. The lowest BCUT2D eigenvalue weighted by Gasteiger charge is -2.34. The Kier molecular flexibility index (Phi) is 5.45. The molecular formula is C17H19ClN4O3S. The summed E-state index contributed by atoms with van der Waals surface area (Å²) in [5.41, 5.74) is 0.387. The molecule has 0 aliphatic carbocycles.